The number of nitrogens with zero attached hydrogens (tertiary/aromatic N) is 2. The van der Waals surface area contributed by atoms with E-state index in [4.69, 9.17) is 37.5 Å². The molecule has 166 valence electrons. The third kappa shape index (κ3) is 6.77. The molecule has 0 bridgehead atoms. The van der Waals surface area contributed by atoms with Gasteiger partial charge in [-0.2, -0.15) is 13.2 Å². The fourth-order valence-corrected chi connectivity index (χ4v) is 3.08. The van der Waals surface area contributed by atoms with E-state index < -0.39 is 11.7 Å². The molecule has 0 atom stereocenters. The van der Waals surface area contributed by atoms with Gasteiger partial charge in [-0.3, -0.25) is 0 Å². The van der Waals surface area contributed by atoms with Crippen molar-refractivity contribution in [2.75, 3.05) is 19.8 Å². The molecule has 5 nitrogen and oxygen atoms in total. The minimum absolute atomic E-state index is 0.127. The van der Waals surface area contributed by atoms with Crippen LogP contribution in [-0.4, -0.2) is 30.5 Å². The molecular formula is C21H19Cl2F3N2O3. The summed E-state index contributed by atoms with van der Waals surface area (Å²) in [4.78, 5) is 9.03. The molecule has 0 saturated heterocycles. The Kier molecular flexibility index (Phi) is 8.03. The van der Waals surface area contributed by atoms with Crippen LogP contribution in [0.15, 0.2) is 52.3 Å². The zero-order valence-corrected chi connectivity index (χ0v) is 17.8. The summed E-state index contributed by atoms with van der Waals surface area (Å²) >= 11 is 11.2. The average molecular weight is 475 g/mol. The smallest absolute Gasteiger partial charge is 0.417 e. The normalized spacial score (nSPS) is 14.3. The third-order valence-corrected chi connectivity index (χ3v) is 4.71. The summed E-state index contributed by atoms with van der Waals surface area (Å²) in [6.45, 7) is 0.818. The van der Waals surface area contributed by atoms with Gasteiger partial charge in [-0.25, -0.2) is 4.98 Å². The van der Waals surface area contributed by atoms with Gasteiger partial charge in [-0.05, 0) is 31.1 Å². The Balaban J connectivity index is 1.44. The minimum atomic E-state index is -4.42. The predicted molar refractivity (Wildman–Crippen MR) is 112 cm³/mol. The molecule has 0 saturated carbocycles. The van der Waals surface area contributed by atoms with Gasteiger partial charge in [-0.15, -0.1) is 0 Å². The molecule has 0 amide bonds. The molecule has 0 unspecified atom stereocenters. The Labute approximate surface area is 187 Å². The highest BCUT2D eigenvalue weighted by atomic mass is 35.5. The van der Waals surface area contributed by atoms with Gasteiger partial charge in [-0.1, -0.05) is 40.5 Å². The van der Waals surface area contributed by atoms with Crippen molar-refractivity contribution in [3.05, 3.63) is 63.8 Å². The maximum Gasteiger partial charge on any atom is 0.417 e. The predicted octanol–water partition coefficient (Wildman–Crippen LogP) is 5.93. The van der Waals surface area contributed by atoms with Crippen molar-refractivity contribution in [1.82, 2.24) is 4.98 Å². The summed E-state index contributed by atoms with van der Waals surface area (Å²) < 4.78 is 48.7. The van der Waals surface area contributed by atoms with Crippen LogP contribution in [0.1, 0.15) is 29.5 Å². The number of rotatable bonds is 9. The van der Waals surface area contributed by atoms with Crippen LogP contribution in [0.4, 0.5) is 13.2 Å². The van der Waals surface area contributed by atoms with Crippen molar-refractivity contribution in [2.45, 2.75) is 25.4 Å². The van der Waals surface area contributed by atoms with E-state index in [1.165, 1.54) is 6.07 Å². The second kappa shape index (κ2) is 10.7. The lowest BCUT2D eigenvalue weighted by atomic mass is 10.1. The number of aromatic nitrogens is 1. The van der Waals surface area contributed by atoms with Gasteiger partial charge < -0.3 is 14.3 Å². The van der Waals surface area contributed by atoms with E-state index in [-0.39, 0.29) is 23.6 Å². The van der Waals surface area contributed by atoms with Crippen LogP contribution < -0.4 is 9.47 Å². The molecule has 31 heavy (non-hydrogen) atoms. The minimum Gasteiger partial charge on any atom is -0.489 e. The molecule has 0 aliphatic heterocycles. The molecule has 2 aromatic rings. The maximum absolute atomic E-state index is 12.5. The van der Waals surface area contributed by atoms with E-state index in [1.807, 2.05) is 18.2 Å². The number of fused-ring (bicyclic) bond motifs is 1. The average Bonchev–Trinajstić information content (AvgIpc) is 3.14. The second-order valence-corrected chi connectivity index (χ2v) is 7.55. The quantitative estimate of drug-likeness (QED) is 0.333. The lowest BCUT2D eigenvalue weighted by Crippen LogP contribution is -2.07. The number of pyridine rings is 1. The van der Waals surface area contributed by atoms with E-state index in [0.29, 0.717) is 13.0 Å². The molecular weight excluding hydrogens is 456 g/mol. The zero-order valence-electron chi connectivity index (χ0n) is 16.3. The van der Waals surface area contributed by atoms with Gasteiger partial charge in [0, 0.05) is 29.8 Å². The molecule has 0 fully saturated rings. The molecule has 0 spiro atoms. The number of ether oxygens (including phenoxy) is 2. The van der Waals surface area contributed by atoms with Gasteiger partial charge in [0.15, 0.2) is 0 Å². The first-order valence-electron chi connectivity index (χ1n) is 9.45. The highest BCUT2D eigenvalue weighted by Gasteiger charge is 2.30. The fraction of sp³-hybridized carbons (Fsp3) is 0.333. The Morgan fingerprint density at radius 1 is 1.10 bits per heavy atom. The first kappa shape index (κ1) is 23.2. The van der Waals surface area contributed by atoms with Crippen LogP contribution in [0.2, 0.25) is 0 Å². The summed E-state index contributed by atoms with van der Waals surface area (Å²) in [7, 11) is 0. The Bertz CT molecular complexity index is 944. The van der Waals surface area contributed by atoms with E-state index in [9.17, 15) is 13.2 Å². The molecule has 1 aliphatic rings. The van der Waals surface area contributed by atoms with Crippen LogP contribution >= 0.6 is 23.2 Å². The molecule has 0 N–H and O–H groups in total. The maximum atomic E-state index is 12.5. The number of oxime groups is 1. The monoisotopic (exact) mass is 474 g/mol. The Morgan fingerprint density at radius 2 is 1.94 bits per heavy atom. The van der Waals surface area contributed by atoms with E-state index in [1.54, 1.807) is 6.08 Å². The fourth-order valence-electron chi connectivity index (χ4n) is 2.95. The molecule has 1 aliphatic carbocycles. The topological polar surface area (TPSA) is 52.9 Å². The Morgan fingerprint density at radius 3 is 2.65 bits per heavy atom. The zero-order chi connectivity index (χ0) is 22.3. The highest BCUT2D eigenvalue weighted by Crippen LogP contribution is 2.31. The van der Waals surface area contributed by atoms with Gasteiger partial charge in [0.1, 0.15) is 23.5 Å². The SMILES string of the molecule is FC(F)(F)c1ccc(OCCCO/N=C2\CCc3c(OCC=C(Cl)Cl)cccc32)nc1. The molecule has 1 aromatic heterocycles. The number of alkyl halides is 3. The van der Waals surface area contributed by atoms with E-state index >= 15 is 0 Å². The van der Waals surface area contributed by atoms with Crippen molar-refractivity contribution < 1.29 is 27.5 Å². The van der Waals surface area contributed by atoms with Crippen molar-refractivity contribution in [1.29, 1.82) is 0 Å². The summed E-state index contributed by atoms with van der Waals surface area (Å²) in [5.74, 6) is 0.882. The summed E-state index contributed by atoms with van der Waals surface area (Å²) in [5.41, 5.74) is 2.05. The highest BCUT2D eigenvalue weighted by molar-refractivity contribution is 6.55. The lowest BCUT2D eigenvalue weighted by Gasteiger charge is -2.09. The van der Waals surface area contributed by atoms with Crippen LogP contribution in [0.25, 0.3) is 0 Å². The molecule has 3 rings (SSSR count). The van der Waals surface area contributed by atoms with Crippen LogP contribution in [0, 0.1) is 0 Å². The number of hydrogen-bond acceptors (Lipinski definition) is 5. The summed E-state index contributed by atoms with van der Waals surface area (Å²) in [6.07, 6.45) is -0.0888. The first-order chi connectivity index (χ1) is 14.8. The summed E-state index contributed by atoms with van der Waals surface area (Å²) in [6, 6.07) is 7.84. The van der Waals surface area contributed by atoms with Crippen molar-refractivity contribution in [3.8, 4) is 11.6 Å². The second-order valence-electron chi connectivity index (χ2n) is 6.54. The molecule has 0 radical (unpaired) electrons. The van der Waals surface area contributed by atoms with Gasteiger partial charge in [0.25, 0.3) is 0 Å². The van der Waals surface area contributed by atoms with Crippen molar-refractivity contribution in [3.63, 3.8) is 0 Å². The first-order valence-corrected chi connectivity index (χ1v) is 10.2. The van der Waals surface area contributed by atoms with E-state index in [2.05, 4.69) is 10.1 Å². The largest absolute Gasteiger partial charge is 0.489 e. The Hall–Kier alpha value is -2.45. The molecule has 1 aromatic carbocycles. The van der Waals surface area contributed by atoms with Gasteiger partial charge in [0.05, 0.1) is 17.9 Å². The third-order valence-electron chi connectivity index (χ3n) is 4.40. The number of benzene rings is 1. The van der Waals surface area contributed by atoms with Crippen molar-refractivity contribution in [2.24, 2.45) is 5.16 Å². The number of halogens is 5. The standard InChI is InChI=1S/C21H19Cl2F3N2O3/c22-19(23)9-12-29-18-4-1-3-15-16(18)6-7-17(15)28-31-11-2-10-30-20-8-5-14(13-27-20)21(24,25)26/h1,3-5,8-9,13H,2,6-7,10-12H2/b28-17+. The number of hydrogen-bond donors (Lipinski definition) is 0. The van der Waals surface area contributed by atoms with Gasteiger partial charge >= 0.3 is 6.18 Å². The van der Waals surface area contributed by atoms with E-state index in [0.717, 1.165) is 47.7 Å². The van der Waals surface area contributed by atoms with Crippen LogP contribution in [0.5, 0.6) is 11.6 Å². The van der Waals surface area contributed by atoms with Crippen LogP contribution in [-0.2, 0) is 17.4 Å². The van der Waals surface area contributed by atoms with Crippen LogP contribution in [0.3, 0.4) is 0 Å². The lowest BCUT2D eigenvalue weighted by molar-refractivity contribution is -0.137. The molecule has 10 heteroatoms. The molecule has 1 heterocycles. The van der Waals surface area contributed by atoms with Crippen molar-refractivity contribution >= 4 is 28.9 Å². The summed E-state index contributed by atoms with van der Waals surface area (Å²) in [5, 5.41) is 4.21. The van der Waals surface area contributed by atoms with Gasteiger partial charge in [0.2, 0.25) is 5.88 Å².